The first-order chi connectivity index (χ1) is 13.0. The predicted octanol–water partition coefficient (Wildman–Crippen LogP) is 4.61. The Labute approximate surface area is 161 Å². The number of rotatable bonds is 4. The number of carbonyl (C=O) groups excluding carboxylic acids is 2. The minimum absolute atomic E-state index is 0.0476. The van der Waals surface area contributed by atoms with Crippen LogP contribution in [-0.2, 0) is 4.79 Å². The average molecular weight is 364 g/mol. The molecule has 2 aromatic carbocycles. The maximum Gasteiger partial charge on any atom is 0.254 e. The van der Waals surface area contributed by atoms with Crippen molar-refractivity contribution < 1.29 is 9.59 Å². The summed E-state index contributed by atoms with van der Waals surface area (Å²) in [7, 11) is 0. The van der Waals surface area contributed by atoms with Gasteiger partial charge in [-0.2, -0.15) is 0 Å². The van der Waals surface area contributed by atoms with E-state index in [-0.39, 0.29) is 17.7 Å². The lowest BCUT2D eigenvalue weighted by atomic mass is 9.94. The molecule has 2 aromatic rings. The molecule has 0 atom stereocenters. The summed E-state index contributed by atoms with van der Waals surface area (Å²) in [6.07, 6.45) is 1.40. The SMILES string of the molecule is Cc1ccccc1C(=O)N1CCC(C(=O)Nc2cccc(C(C)C)c2)CC1. The molecule has 0 saturated carbocycles. The van der Waals surface area contributed by atoms with Gasteiger partial charge in [-0.1, -0.05) is 44.2 Å². The molecule has 27 heavy (non-hydrogen) atoms. The highest BCUT2D eigenvalue weighted by Crippen LogP contribution is 2.23. The molecule has 1 heterocycles. The smallest absolute Gasteiger partial charge is 0.254 e. The van der Waals surface area contributed by atoms with Crippen molar-refractivity contribution in [1.29, 1.82) is 0 Å². The molecule has 0 unspecified atom stereocenters. The Morgan fingerprint density at radius 2 is 1.74 bits per heavy atom. The number of hydrogen-bond acceptors (Lipinski definition) is 2. The van der Waals surface area contributed by atoms with E-state index in [1.165, 1.54) is 5.56 Å². The van der Waals surface area contributed by atoms with Gasteiger partial charge in [0.05, 0.1) is 0 Å². The number of hydrogen-bond donors (Lipinski definition) is 1. The van der Waals surface area contributed by atoms with Gasteiger partial charge < -0.3 is 10.2 Å². The number of nitrogens with one attached hydrogen (secondary N) is 1. The fourth-order valence-electron chi connectivity index (χ4n) is 3.55. The summed E-state index contributed by atoms with van der Waals surface area (Å²) >= 11 is 0. The molecule has 0 aliphatic carbocycles. The molecule has 0 radical (unpaired) electrons. The van der Waals surface area contributed by atoms with E-state index in [1.807, 2.05) is 54.3 Å². The van der Waals surface area contributed by atoms with Gasteiger partial charge in [-0.25, -0.2) is 0 Å². The van der Waals surface area contributed by atoms with Crippen molar-refractivity contribution in [1.82, 2.24) is 4.90 Å². The van der Waals surface area contributed by atoms with Gasteiger partial charge in [-0.05, 0) is 55.0 Å². The molecule has 142 valence electrons. The van der Waals surface area contributed by atoms with Crippen LogP contribution in [0.2, 0.25) is 0 Å². The first-order valence-corrected chi connectivity index (χ1v) is 9.71. The number of aryl methyl sites for hydroxylation is 1. The van der Waals surface area contributed by atoms with Crippen molar-refractivity contribution in [2.24, 2.45) is 5.92 Å². The molecular weight excluding hydrogens is 336 g/mol. The maximum atomic E-state index is 12.7. The van der Waals surface area contributed by atoms with Crippen LogP contribution < -0.4 is 5.32 Å². The third kappa shape index (κ3) is 4.57. The van der Waals surface area contributed by atoms with E-state index in [9.17, 15) is 9.59 Å². The van der Waals surface area contributed by atoms with Gasteiger partial charge >= 0.3 is 0 Å². The molecule has 3 rings (SSSR count). The zero-order valence-corrected chi connectivity index (χ0v) is 16.4. The van der Waals surface area contributed by atoms with Crippen molar-refractivity contribution in [2.75, 3.05) is 18.4 Å². The number of anilines is 1. The van der Waals surface area contributed by atoms with E-state index in [1.54, 1.807) is 0 Å². The van der Waals surface area contributed by atoms with E-state index < -0.39 is 0 Å². The zero-order valence-electron chi connectivity index (χ0n) is 16.4. The highest BCUT2D eigenvalue weighted by molar-refractivity contribution is 5.96. The number of nitrogens with zero attached hydrogens (tertiary/aromatic N) is 1. The normalized spacial score (nSPS) is 15.0. The second-order valence-electron chi connectivity index (χ2n) is 7.65. The number of piperidine rings is 1. The second kappa shape index (κ2) is 8.38. The van der Waals surface area contributed by atoms with Crippen molar-refractivity contribution in [3.63, 3.8) is 0 Å². The van der Waals surface area contributed by atoms with Gasteiger partial charge in [-0.15, -0.1) is 0 Å². The largest absolute Gasteiger partial charge is 0.339 e. The summed E-state index contributed by atoms with van der Waals surface area (Å²) in [5.41, 5.74) is 3.81. The third-order valence-electron chi connectivity index (χ3n) is 5.35. The Balaban J connectivity index is 1.57. The summed E-state index contributed by atoms with van der Waals surface area (Å²) in [4.78, 5) is 27.2. The molecule has 4 heteroatoms. The third-order valence-corrected chi connectivity index (χ3v) is 5.35. The van der Waals surface area contributed by atoms with Crippen LogP contribution in [0.5, 0.6) is 0 Å². The van der Waals surface area contributed by atoms with Crippen molar-refractivity contribution in [3.8, 4) is 0 Å². The molecule has 1 aliphatic heterocycles. The zero-order chi connectivity index (χ0) is 19.4. The summed E-state index contributed by atoms with van der Waals surface area (Å²) in [5, 5.41) is 3.05. The van der Waals surface area contributed by atoms with Gasteiger partial charge in [0, 0.05) is 30.3 Å². The van der Waals surface area contributed by atoms with E-state index in [4.69, 9.17) is 0 Å². The number of amides is 2. The van der Waals surface area contributed by atoms with Crippen LogP contribution in [0.3, 0.4) is 0 Å². The Kier molecular flexibility index (Phi) is 5.94. The average Bonchev–Trinajstić information content (AvgIpc) is 2.68. The summed E-state index contributed by atoms with van der Waals surface area (Å²) < 4.78 is 0. The number of carbonyl (C=O) groups is 2. The fraction of sp³-hybridized carbons (Fsp3) is 0.391. The number of benzene rings is 2. The van der Waals surface area contributed by atoms with Crippen LogP contribution in [0.4, 0.5) is 5.69 Å². The molecule has 0 spiro atoms. The van der Waals surface area contributed by atoms with E-state index in [2.05, 4.69) is 25.2 Å². The molecule has 4 nitrogen and oxygen atoms in total. The van der Waals surface area contributed by atoms with E-state index >= 15 is 0 Å². The topological polar surface area (TPSA) is 49.4 Å². The minimum Gasteiger partial charge on any atom is -0.339 e. The fourth-order valence-corrected chi connectivity index (χ4v) is 3.55. The standard InChI is InChI=1S/C23H28N2O2/c1-16(2)19-8-6-9-20(15-19)24-22(26)18-11-13-25(14-12-18)23(27)21-10-5-4-7-17(21)3/h4-10,15-16,18H,11-14H2,1-3H3,(H,24,26). The lowest BCUT2D eigenvalue weighted by molar-refractivity contribution is -0.121. The lowest BCUT2D eigenvalue weighted by Gasteiger charge is -2.31. The summed E-state index contributed by atoms with van der Waals surface area (Å²) in [5.74, 6) is 0.502. The van der Waals surface area contributed by atoms with Crippen LogP contribution >= 0.6 is 0 Å². The molecule has 0 aromatic heterocycles. The monoisotopic (exact) mass is 364 g/mol. The summed E-state index contributed by atoms with van der Waals surface area (Å²) in [6, 6.07) is 15.7. The van der Waals surface area contributed by atoms with Gasteiger partial charge in [0.15, 0.2) is 0 Å². The molecule has 1 saturated heterocycles. The molecule has 1 fully saturated rings. The maximum absolute atomic E-state index is 12.7. The first-order valence-electron chi connectivity index (χ1n) is 9.71. The van der Waals surface area contributed by atoms with Crippen molar-refractivity contribution >= 4 is 17.5 Å². The first kappa shape index (κ1) is 19.2. The highest BCUT2D eigenvalue weighted by Gasteiger charge is 2.28. The van der Waals surface area contributed by atoms with Crippen molar-refractivity contribution in [2.45, 2.75) is 39.5 Å². The molecule has 2 amide bonds. The van der Waals surface area contributed by atoms with Gasteiger partial charge in [0.25, 0.3) is 5.91 Å². The van der Waals surface area contributed by atoms with Gasteiger partial charge in [-0.3, -0.25) is 9.59 Å². The predicted molar refractivity (Wildman–Crippen MR) is 109 cm³/mol. The quantitative estimate of drug-likeness (QED) is 0.861. The Hall–Kier alpha value is -2.62. The number of likely N-dealkylation sites (tertiary alicyclic amines) is 1. The molecule has 1 N–H and O–H groups in total. The van der Waals surface area contributed by atoms with Gasteiger partial charge in [0.2, 0.25) is 5.91 Å². The highest BCUT2D eigenvalue weighted by atomic mass is 16.2. The van der Waals surface area contributed by atoms with E-state index in [0.717, 1.165) is 16.8 Å². The van der Waals surface area contributed by atoms with Crippen molar-refractivity contribution in [3.05, 3.63) is 65.2 Å². The molecule has 0 bridgehead atoms. The van der Waals surface area contributed by atoms with Gasteiger partial charge in [0.1, 0.15) is 0 Å². The van der Waals surface area contributed by atoms with E-state index in [0.29, 0.717) is 31.8 Å². The Bertz CT molecular complexity index is 821. The molecular formula is C23H28N2O2. The lowest BCUT2D eigenvalue weighted by Crippen LogP contribution is -2.41. The van der Waals surface area contributed by atoms with Crippen LogP contribution in [0.25, 0.3) is 0 Å². The molecule has 1 aliphatic rings. The van der Waals surface area contributed by atoms with Crippen LogP contribution in [0.15, 0.2) is 48.5 Å². The summed E-state index contributed by atoms with van der Waals surface area (Å²) in [6.45, 7) is 7.48. The Morgan fingerprint density at radius 3 is 2.41 bits per heavy atom. The minimum atomic E-state index is -0.0476. The van der Waals surface area contributed by atoms with Crippen LogP contribution in [0.1, 0.15) is 54.1 Å². The van der Waals surface area contributed by atoms with Crippen LogP contribution in [-0.4, -0.2) is 29.8 Å². The second-order valence-corrected chi connectivity index (χ2v) is 7.65. The van der Waals surface area contributed by atoms with Crippen LogP contribution in [0, 0.1) is 12.8 Å². The Morgan fingerprint density at radius 1 is 1.04 bits per heavy atom.